The molecule has 21 heavy (non-hydrogen) atoms. The van der Waals surface area contributed by atoms with Crippen molar-refractivity contribution in [3.63, 3.8) is 0 Å². The van der Waals surface area contributed by atoms with Crippen LogP contribution in [0.2, 0.25) is 0 Å². The van der Waals surface area contributed by atoms with Crippen LogP contribution >= 0.6 is 0 Å². The quantitative estimate of drug-likeness (QED) is 0.522. The maximum atomic E-state index is 10.7. The average Bonchev–Trinajstić information content (AvgIpc) is 2.97. The van der Waals surface area contributed by atoms with Gasteiger partial charge in [0.05, 0.1) is 22.8 Å². The Kier molecular flexibility index (Phi) is 3.53. The van der Waals surface area contributed by atoms with Crippen LogP contribution in [-0.4, -0.2) is 28.3 Å². The molecule has 0 spiro atoms. The molecule has 1 aromatic heterocycles. The Labute approximate surface area is 120 Å². The van der Waals surface area contributed by atoms with Crippen LogP contribution in [0.4, 0.5) is 11.4 Å². The number of anilines is 1. The molecule has 0 bridgehead atoms. The van der Waals surface area contributed by atoms with Crippen LogP contribution in [0.5, 0.6) is 0 Å². The van der Waals surface area contributed by atoms with E-state index >= 15 is 0 Å². The molecule has 0 aliphatic carbocycles. The number of hydrogen-bond acceptors (Lipinski definition) is 7. The molecule has 2 aromatic rings. The van der Waals surface area contributed by atoms with Crippen LogP contribution in [0.3, 0.4) is 0 Å². The topological polar surface area (TPSA) is 117 Å². The third-order valence-electron chi connectivity index (χ3n) is 3.44. The Morgan fingerprint density at radius 2 is 2.29 bits per heavy atom. The number of hydrogen-bond donors (Lipinski definition) is 1. The molecule has 1 aliphatic rings. The van der Waals surface area contributed by atoms with Gasteiger partial charge < -0.3 is 15.0 Å². The average molecular weight is 290 g/mol. The van der Waals surface area contributed by atoms with Gasteiger partial charge in [-0.3, -0.25) is 10.1 Å². The molecular formula is C13H14N4O4. The summed E-state index contributed by atoms with van der Waals surface area (Å²) in [4.78, 5) is 14.5. The monoisotopic (exact) mass is 290 g/mol. The van der Waals surface area contributed by atoms with Gasteiger partial charge in [0.15, 0.2) is 5.82 Å². The fraction of sp³-hybridized carbons (Fsp3) is 0.385. The normalized spacial score (nSPS) is 18.6. The van der Waals surface area contributed by atoms with E-state index in [-0.39, 0.29) is 23.2 Å². The summed E-state index contributed by atoms with van der Waals surface area (Å²) in [6.07, 6.45) is 1.92. The van der Waals surface area contributed by atoms with E-state index in [1.54, 1.807) is 0 Å². The van der Waals surface area contributed by atoms with Gasteiger partial charge in [-0.1, -0.05) is 5.16 Å². The van der Waals surface area contributed by atoms with E-state index in [1.807, 2.05) is 0 Å². The molecule has 0 saturated carbocycles. The van der Waals surface area contributed by atoms with Crippen LogP contribution in [-0.2, 0) is 4.74 Å². The highest BCUT2D eigenvalue weighted by Gasteiger charge is 2.23. The van der Waals surface area contributed by atoms with Crippen LogP contribution in [0.1, 0.15) is 24.6 Å². The van der Waals surface area contributed by atoms with Crippen molar-refractivity contribution in [2.75, 3.05) is 18.9 Å². The highest BCUT2D eigenvalue weighted by atomic mass is 16.6. The van der Waals surface area contributed by atoms with Gasteiger partial charge in [0, 0.05) is 24.7 Å². The lowest BCUT2D eigenvalue weighted by molar-refractivity contribution is -0.384. The first kappa shape index (κ1) is 13.5. The second kappa shape index (κ2) is 5.49. The van der Waals surface area contributed by atoms with Crippen molar-refractivity contribution < 1.29 is 14.2 Å². The molecule has 0 radical (unpaired) electrons. The predicted molar refractivity (Wildman–Crippen MR) is 73.6 cm³/mol. The summed E-state index contributed by atoms with van der Waals surface area (Å²) >= 11 is 0. The largest absolute Gasteiger partial charge is 0.398 e. The number of nitrogens with zero attached hydrogens (tertiary/aromatic N) is 3. The van der Waals surface area contributed by atoms with E-state index in [1.165, 1.54) is 18.2 Å². The second-order valence-corrected chi connectivity index (χ2v) is 4.90. The molecule has 1 aliphatic heterocycles. The van der Waals surface area contributed by atoms with Crippen LogP contribution in [0, 0.1) is 10.1 Å². The van der Waals surface area contributed by atoms with Gasteiger partial charge in [-0.05, 0) is 18.9 Å². The van der Waals surface area contributed by atoms with Crippen molar-refractivity contribution in [2.45, 2.75) is 18.8 Å². The second-order valence-electron chi connectivity index (χ2n) is 4.90. The van der Waals surface area contributed by atoms with Gasteiger partial charge in [-0.25, -0.2) is 0 Å². The Balaban J connectivity index is 1.87. The zero-order valence-corrected chi connectivity index (χ0v) is 11.2. The fourth-order valence-corrected chi connectivity index (χ4v) is 2.31. The summed E-state index contributed by atoms with van der Waals surface area (Å²) < 4.78 is 10.6. The smallest absolute Gasteiger partial charge is 0.271 e. The Bertz CT molecular complexity index is 664. The van der Waals surface area contributed by atoms with Crippen molar-refractivity contribution in [3.8, 4) is 11.5 Å². The molecule has 3 rings (SSSR count). The zero-order chi connectivity index (χ0) is 14.8. The van der Waals surface area contributed by atoms with Crippen molar-refractivity contribution >= 4 is 11.4 Å². The van der Waals surface area contributed by atoms with Gasteiger partial charge in [0.2, 0.25) is 0 Å². The third kappa shape index (κ3) is 2.70. The molecular weight excluding hydrogens is 276 g/mol. The van der Waals surface area contributed by atoms with E-state index in [2.05, 4.69) is 10.1 Å². The fourth-order valence-electron chi connectivity index (χ4n) is 2.31. The molecule has 1 unspecified atom stereocenters. The summed E-state index contributed by atoms with van der Waals surface area (Å²) in [6.45, 7) is 1.34. The number of nitrogen functional groups attached to an aromatic ring is 1. The summed E-state index contributed by atoms with van der Waals surface area (Å²) in [5.41, 5.74) is 6.48. The van der Waals surface area contributed by atoms with E-state index in [0.29, 0.717) is 18.0 Å². The van der Waals surface area contributed by atoms with Gasteiger partial charge in [0.1, 0.15) is 0 Å². The molecule has 8 heteroatoms. The number of non-ortho nitro benzene ring substituents is 1. The highest BCUT2D eigenvalue weighted by molar-refractivity contribution is 5.72. The molecule has 8 nitrogen and oxygen atoms in total. The third-order valence-corrected chi connectivity index (χ3v) is 3.44. The summed E-state index contributed by atoms with van der Waals surface area (Å²) in [5, 5.41) is 14.7. The molecule has 1 saturated heterocycles. The molecule has 1 aromatic carbocycles. The maximum Gasteiger partial charge on any atom is 0.271 e. The Morgan fingerprint density at radius 3 is 2.95 bits per heavy atom. The summed E-state index contributed by atoms with van der Waals surface area (Å²) in [6, 6.07) is 4.16. The van der Waals surface area contributed by atoms with Gasteiger partial charge in [-0.2, -0.15) is 4.98 Å². The Hall–Kier alpha value is -2.48. The number of rotatable bonds is 3. The number of nitrogens with two attached hydrogens (primary N) is 1. The lowest BCUT2D eigenvalue weighted by Gasteiger charge is -2.18. The number of ether oxygens (including phenoxy) is 1. The summed E-state index contributed by atoms with van der Waals surface area (Å²) in [7, 11) is 0. The first-order valence-electron chi connectivity index (χ1n) is 6.61. The molecule has 110 valence electrons. The molecule has 2 N–H and O–H groups in total. The molecule has 1 atom stereocenters. The first-order valence-corrected chi connectivity index (χ1v) is 6.61. The number of nitro benzene ring substituents is 1. The van der Waals surface area contributed by atoms with Gasteiger partial charge in [0.25, 0.3) is 11.6 Å². The van der Waals surface area contributed by atoms with E-state index in [4.69, 9.17) is 15.0 Å². The van der Waals surface area contributed by atoms with Crippen molar-refractivity contribution in [2.24, 2.45) is 0 Å². The highest BCUT2D eigenvalue weighted by Crippen LogP contribution is 2.30. The molecule has 1 fully saturated rings. The van der Waals surface area contributed by atoms with Crippen LogP contribution in [0.15, 0.2) is 22.7 Å². The SMILES string of the molecule is Nc1cc([N+](=O)[O-])ccc1-c1nc(C2CCCOC2)no1. The zero-order valence-electron chi connectivity index (χ0n) is 11.2. The minimum Gasteiger partial charge on any atom is -0.398 e. The first-order chi connectivity index (χ1) is 10.1. The standard InChI is InChI=1S/C13H14N4O4/c14-11-6-9(17(18)19)3-4-10(11)13-15-12(16-21-13)8-2-1-5-20-7-8/h3-4,6,8H,1-2,5,7,14H2. The van der Waals surface area contributed by atoms with Crippen molar-refractivity contribution in [1.82, 2.24) is 10.1 Å². The van der Waals surface area contributed by atoms with Gasteiger partial charge >= 0.3 is 0 Å². The van der Waals surface area contributed by atoms with E-state index in [0.717, 1.165) is 19.4 Å². The minimum absolute atomic E-state index is 0.0725. The van der Waals surface area contributed by atoms with Crippen LogP contribution < -0.4 is 5.73 Å². The molecule has 0 amide bonds. The van der Waals surface area contributed by atoms with E-state index < -0.39 is 4.92 Å². The predicted octanol–water partition coefficient (Wildman–Crippen LogP) is 2.12. The molecule has 2 heterocycles. The van der Waals surface area contributed by atoms with Crippen molar-refractivity contribution in [1.29, 1.82) is 0 Å². The lowest BCUT2D eigenvalue weighted by Crippen LogP contribution is -2.16. The lowest BCUT2D eigenvalue weighted by atomic mass is 10.0. The maximum absolute atomic E-state index is 10.7. The van der Waals surface area contributed by atoms with E-state index in [9.17, 15) is 10.1 Å². The minimum atomic E-state index is -0.501. The number of aromatic nitrogens is 2. The summed E-state index contributed by atoms with van der Waals surface area (Å²) in [5.74, 6) is 0.973. The number of benzene rings is 1. The van der Waals surface area contributed by atoms with Gasteiger partial charge in [-0.15, -0.1) is 0 Å². The number of nitro groups is 1. The Morgan fingerprint density at radius 1 is 1.43 bits per heavy atom. The van der Waals surface area contributed by atoms with Crippen LogP contribution in [0.25, 0.3) is 11.5 Å². The van der Waals surface area contributed by atoms with Crippen molar-refractivity contribution in [3.05, 3.63) is 34.1 Å².